The summed E-state index contributed by atoms with van der Waals surface area (Å²) >= 11 is 0. The molecule has 1 N–H and O–H groups in total. The Bertz CT molecular complexity index is 553. The van der Waals surface area contributed by atoms with Gasteiger partial charge in [0.2, 0.25) is 5.60 Å². The molecule has 0 aromatic heterocycles. The van der Waals surface area contributed by atoms with Crippen LogP contribution < -0.4 is 0 Å². The number of benzene rings is 1. The minimum Gasteiger partial charge on any atom is -0.464 e. The summed E-state index contributed by atoms with van der Waals surface area (Å²) in [6.45, 7) is 3.50. The van der Waals surface area contributed by atoms with Crippen LogP contribution in [0.25, 0.3) is 0 Å². The molecule has 1 aromatic rings. The summed E-state index contributed by atoms with van der Waals surface area (Å²) in [5.41, 5.74) is -2.86. The van der Waals surface area contributed by atoms with Crippen LogP contribution in [0, 0.1) is 10.1 Å². The fraction of sp³-hybridized carbons (Fsp3) is 0.500. The number of esters is 1. The van der Waals surface area contributed by atoms with Crippen LogP contribution in [0.1, 0.15) is 25.8 Å². The highest BCUT2D eigenvalue weighted by atomic mass is 16.6. The van der Waals surface area contributed by atoms with Crippen molar-refractivity contribution in [3.63, 3.8) is 0 Å². The molecule has 2 rings (SSSR count). The molecule has 0 spiro atoms. The minimum absolute atomic E-state index is 0.101. The Hall–Kier alpha value is -1.99. The van der Waals surface area contributed by atoms with Gasteiger partial charge in [0.25, 0.3) is 5.69 Å². The molecular weight excluding hydrogens is 278 g/mol. The van der Waals surface area contributed by atoms with Crippen molar-refractivity contribution in [2.45, 2.75) is 31.5 Å². The Labute approximate surface area is 121 Å². The van der Waals surface area contributed by atoms with Gasteiger partial charge in [-0.3, -0.25) is 10.1 Å². The smallest absolute Gasteiger partial charge is 0.346 e. The molecule has 7 heteroatoms. The van der Waals surface area contributed by atoms with E-state index < -0.39 is 22.1 Å². The molecule has 0 unspecified atom stereocenters. The van der Waals surface area contributed by atoms with Gasteiger partial charge in [-0.2, -0.15) is 0 Å². The molecule has 0 saturated carbocycles. The molecule has 1 aromatic carbocycles. The first-order valence-corrected chi connectivity index (χ1v) is 6.63. The normalized spacial score (nSPS) is 28.3. The van der Waals surface area contributed by atoms with E-state index in [0.717, 1.165) is 0 Å². The molecule has 1 aliphatic rings. The zero-order valence-corrected chi connectivity index (χ0v) is 11.9. The molecular formula is C14H17NO6. The quantitative estimate of drug-likeness (QED) is 0.513. The Morgan fingerprint density at radius 2 is 2.10 bits per heavy atom. The predicted molar refractivity (Wildman–Crippen MR) is 72.6 cm³/mol. The molecule has 0 radical (unpaired) electrons. The van der Waals surface area contributed by atoms with Crippen LogP contribution >= 0.6 is 0 Å². The van der Waals surface area contributed by atoms with Crippen LogP contribution in [-0.2, 0) is 19.9 Å². The number of nitrogens with zero attached hydrogens (tertiary/aromatic N) is 1. The van der Waals surface area contributed by atoms with Gasteiger partial charge >= 0.3 is 5.97 Å². The van der Waals surface area contributed by atoms with Crippen molar-refractivity contribution in [3.05, 3.63) is 39.9 Å². The van der Waals surface area contributed by atoms with Gasteiger partial charge in [-0.1, -0.05) is 0 Å². The van der Waals surface area contributed by atoms with Crippen molar-refractivity contribution in [3.8, 4) is 0 Å². The van der Waals surface area contributed by atoms with Gasteiger partial charge in [-0.25, -0.2) is 4.79 Å². The zero-order chi connectivity index (χ0) is 15.7. The maximum absolute atomic E-state index is 12.4. The Kier molecular flexibility index (Phi) is 3.97. The van der Waals surface area contributed by atoms with Crippen LogP contribution in [0.3, 0.4) is 0 Å². The second-order valence-electron chi connectivity index (χ2n) is 5.08. The summed E-state index contributed by atoms with van der Waals surface area (Å²) in [5, 5.41) is 21.3. The lowest BCUT2D eigenvalue weighted by molar-refractivity contribution is -0.384. The van der Waals surface area contributed by atoms with Gasteiger partial charge in [0.05, 0.1) is 18.1 Å². The van der Waals surface area contributed by atoms with Gasteiger partial charge in [0.15, 0.2) is 0 Å². The summed E-state index contributed by atoms with van der Waals surface area (Å²) in [5.74, 6) is -0.693. The molecule has 0 bridgehead atoms. The van der Waals surface area contributed by atoms with Gasteiger partial charge in [0, 0.05) is 18.6 Å². The van der Waals surface area contributed by atoms with Crippen molar-refractivity contribution in [2.24, 2.45) is 0 Å². The molecule has 1 saturated heterocycles. The first-order chi connectivity index (χ1) is 9.85. The second kappa shape index (κ2) is 5.42. The van der Waals surface area contributed by atoms with E-state index in [4.69, 9.17) is 9.47 Å². The van der Waals surface area contributed by atoms with Crippen LogP contribution in [-0.4, -0.2) is 34.8 Å². The number of carbonyl (C=O) groups excluding carboxylic acids is 1. The first kappa shape index (κ1) is 15.4. The highest BCUT2D eigenvalue weighted by molar-refractivity contribution is 5.83. The summed E-state index contributed by atoms with van der Waals surface area (Å²) in [4.78, 5) is 22.5. The number of hydrogen-bond donors (Lipinski definition) is 1. The van der Waals surface area contributed by atoms with Crippen molar-refractivity contribution in [1.82, 2.24) is 0 Å². The predicted octanol–water partition coefficient (Wildman–Crippen LogP) is 1.52. The fourth-order valence-corrected chi connectivity index (χ4v) is 2.58. The third-order valence-corrected chi connectivity index (χ3v) is 3.71. The van der Waals surface area contributed by atoms with Crippen LogP contribution in [0.2, 0.25) is 0 Å². The number of aliphatic hydroxyl groups is 1. The van der Waals surface area contributed by atoms with E-state index in [1.165, 1.54) is 31.2 Å². The van der Waals surface area contributed by atoms with Crippen LogP contribution in [0.5, 0.6) is 0 Å². The van der Waals surface area contributed by atoms with Crippen molar-refractivity contribution < 1.29 is 24.3 Å². The average Bonchev–Trinajstić information content (AvgIpc) is 2.75. The fourth-order valence-electron chi connectivity index (χ4n) is 2.58. The molecule has 7 nitrogen and oxygen atoms in total. The van der Waals surface area contributed by atoms with Gasteiger partial charge in [-0.05, 0) is 31.5 Å². The van der Waals surface area contributed by atoms with E-state index in [1.807, 2.05) is 0 Å². The van der Waals surface area contributed by atoms with Crippen LogP contribution in [0.15, 0.2) is 24.3 Å². The van der Waals surface area contributed by atoms with Crippen molar-refractivity contribution in [2.75, 3.05) is 13.2 Å². The number of hydrogen-bond acceptors (Lipinski definition) is 6. The third kappa shape index (κ3) is 2.38. The van der Waals surface area contributed by atoms with Crippen LogP contribution in [0.4, 0.5) is 5.69 Å². The van der Waals surface area contributed by atoms with Crippen molar-refractivity contribution in [1.29, 1.82) is 0 Å². The van der Waals surface area contributed by atoms with E-state index in [2.05, 4.69) is 0 Å². The van der Waals surface area contributed by atoms with Gasteiger partial charge in [0.1, 0.15) is 5.60 Å². The maximum atomic E-state index is 12.4. The Balaban J connectivity index is 2.50. The topological polar surface area (TPSA) is 98.9 Å². The van der Waals surface area contributed by atoms with E-state index in [1.54, 1.807) is 6.92 Å². The molecule has 1 aliphatic heterocycles. The third-order valence-electron chi connectivity index (χ3n) is 3.71. The second-order valence-corrected chi connectivity index (χ2v) is 5.08. The lowest BCUT2D eigenvalue weighted by atomic mass is 9.78. The summed E-state index contributed by atoms with van der Waals surface area (Å²) < 4.78 is 10.6. The number of non-ortho nitro benzene ring substituents is 1. The highest BCUT2D eigenvalue weighted by Gasteiger charge is 2.60. The number of nitro groups is 1. The highest BCUT2D eigenvalue weighted by Crippen LogP contribution is 2.45. The Morgan fingerprint density at radius 3 is 2.52 bits per heavy atom. The summed E-state index contributed by atoms with van der Waals surface area (Å²) in [6.07, 6.45) is 0.267. The molecule has 114 valence electrons. The van der Waals surface area contributed by atoms with Gasteiger partial charge < -0.3 is 14.6 Å². The lowest BCUT2D eigenvalue weighted by Crippen LogP contribution is -2.53. The number of carbonyl (C=O) groups is 1. The molecule has 1 heterocycles. The molecule has 0 amide bonds. The summed E-state index contributed by atoms with van der Waals surface area (Å²) in [7, 11) is 0. The maximum Gasteiger partial charge on any atom is 0.346 e. The number of ether oxygens (including phenoxy) is 2. The largest absolute Gasteiger partial charge is 0.464 e. The standard InChI is InChI=1S/C14H17NO6/c1-3-20-12(16)14(13(2,17)8-9-21-14)10-4-6-11(7-5-10)15(18)19/h4-7,17H,3,8-9H2,1-2H3/t13-,14-/m1/s1. The monoisotopic (exact) mass is 295 g/mol. The first-order valence-electron chi connectivity index (χ1n) is 6.63. The molecule has 21 heavy (non-hydrogen) atoms. The number of rotatable bonds is 4. The Morgan fingerprint density at radius 1 is 1.48 bits per heavy atom. The van der Waals surface area contributed by atoms with Gasteiger partial charge in [-0.15, -0.1) is 0 Å². The lowest BCUT2D eigenvalue weighted by Gasteiger charge is -2.36. The zero-order valence-electron chi connectivity index (χ0n) is 11.9. The van der Waals surface area contributed by atoms with Crippen molar-refractivity contribution >= 4 is 11.7 Å². The van der Waals surface area contributed by atoms with E-state index >= 15 is 0 Å². The van der Waals surface area contributed by atoms with E-state index in [0.29, 0.717) is 5.56 Å². The summed E-state index contributed by atoms with van der Waals surface area (Å²) in [6, 6.07) is 5.37. The van der Waals surface area contributed by atoms with E-state index in [9.17, 15) is 20.0 Å². The minimum atomic E-state index is -1.65. The molecule has 1 fully saturated rings. The molecule has 2 atom stereocenters. The molecule has 0 aliphatic carbocycles. The average molecular weight is 295 g/mol. The van der Waals surface area contributed by atoms with E-state index in [-0.39, 0.29) is 25.3 Å². The SMILES string of the molecule is CCOC(=O)[C@@]1(c2ccc([N+](=O)[O-])cc2)OCC[C@@]1(C)O. The number of nitro benzene ring substituents is 1.